The predicted molar refractivity (Wildman–Crippen MR) is 94.5 cm³/mol. The maximum absolute atomic E-state index is 5.77. The summed E-state index contributed by atoms with van der Waals surface area (Å²) in [6.07, 6.45) is 0.798. The largest absolute Gasteiger partial charge is 0.370 e. The predicted octanol–water partition coefficient (Wildman–Crippen LogP) is 2.28. The summed E-state index contributed by atoms with van der Waals surface area (Å²) in [5.41, 5.74) is 7.84. The van der Waals surface area contributed by atoms with Gasteiger partial charge in [-0.3, -0.25) is 4.99 Å². The van der Waals surface area contributed by atoms with Crippen LogP contribution in [0.5, 0.6) is 0 Å². The molecule has 0 unspecified atom stereocenters. The van der Waals surface area contributed by atoms with E-state index in [1.807, 2.05) is 24.3 Å². The Morgan fingerprint density at radius 2 is 2.15 bits per heavy atom. The first-order valence-electron chi connectivity index (χ1n) is 6.62. The Hall–Kier alpha value is -1.31. The molecule has 2 rings (SSSR count). The third kappa shape index (κ3) is 4.99. The lowest BCUT2D eigenvalue weighted by Gasteiger charge is -2.05. The van der Waals surface area contributed by atoms with Gasteiger partial charge in [-0.2, -0.15) is 0 Å². The van der Waals surface area contributed by atoms with Crippen molar-refractivity contribution in [3.63, 3.8) is 0 Å². The third-order valence-corrected chi connectivity index (χ3v) is 2.73. The van der Waals surface area contributed by atoms with Crippen molar-refractivity contribution in [1.29, 1.82) is 0 Å². The molecular formula is C14H22IN5. The lowest BCUT2D eigenvalue weighted by atomic mass is 10.2. The number of halogens is 1. The molecule has 0 aliphatic rings. The van der Waals surface area contributed by atoms with E-state index >= 15 is 0 Å². The van der Waals surface area contributed by atoms with Crippen molar-refractivity contribution < 1.29 is 0 Å². The molecule has 1 aromatic carbocycles. The van der Waals surface area contributed by atoms with E-state index in [4.69, 9.17) is 5.73 Å². The summed E-state index contributed by atoms with van der Waals surface area (Å²) in [5.74, 6) is 1.99. The summed E-state index contributed by atoms with van der Waals surface area (Å²) in [6.45, 7) is 5.72. The van der Waals surface area contributed by atoms with Crippen LogP contribution in [-0.2, 0) is 6.42 Å². The smallest absolute Gasteiger partial charge is 0.188 e. The highest BCUT2D eigenvalue weighted by Crippen LogP contribution is 2.10. The first-order chi connectivity index (χ1) is 9.15. The van der Waals surface area contributed by atoms with Crippen LogP contribution < -0.4 is 11.1 Å². The van der Waals surface area contributed by atoms with Crippen molar-refractivity contribution in [3.05, 3.63) is 30.1 Å². The molecule has 1 aromatic heterocycles. The van der Waals surface area contributed by atoms with Crippen LogP contribution in [0.2, 0.25) is 0 Å². The van der Waals surface area contributed by atoms with Gasteiger partial charge >= 0.3 is 0 Å². The summed E-state index contributed by atoms with van der Waals surface area (Å²) in [4.78, 5) is 12.0. The minimum Gasteiger partial charge on any atom is -0.370 e. The summed E-state index contributed by atoms with van der Waals surface area (Å²) >= 11 is 0. The number of fused-ring (bicyclic) bond motifs is 1. The van der Waals surface area contributed by atoms with Gasteiger partial charge in [0.1, 0.15) is 5.82 Å². The second-order valence-corrected chi connectivity index (χ2v) is 5.00. The number of aromatic nitrogens is 2. The first-order valence-corrected chi connectivity index (χ1v) is 6.62. The molecule has 0 atom stereocenters. The minimum atomic E-state index is 0. The number of nitrogens with zero attached hydrogens (tertiary/aromatic N) is 2. The molecular weight excluding hydrogens is 365 g/mol. The van der Waals surface area contributed by atoms with E-state index < -0.39 is 0 Å². The lowest BCUT2D eigenvalue weighted by molar-refractivity contribution is 0.661. The summed E-state index contributed by atoms with van der Waals surface area (Å²) in [7, 11) is 0. The molecule has 20 heavy (non-hydrogen) atoms. The molecule has 1 heterocycles. The Kier molecular flexibility index (Phi) is 6.77. The van der Waals surface area contributed by atoms with Gasteiger partial charge in [0.2, 0.25) is 0 Å². The molecule has 0 amide bonds. The van der Waals surface area contributed by atoms with Gasteiger partial charge in [-0.15, -0.1) is 24.0 Å². The molecule has 0 aliphatic heterocycles. The number of nitrogens with two attached hydrogens (primary N) is 1. The number of para-hydroxylation sites is 2. The van der Waals surface area contributed by atoms with Crippen LogP contribution in [0, 0.1) is 5.92 Å². The Labute approximate surface area is 136 Å². The molecule has 6 heteroatoms. The normalized spacial score (nSPS) is 11.7. The number of guanidine groups is 1. The molecule has 0 aliphatic carbocycles. The molecule has 0 saturated heterocycles. The second kappa shape index (κ2) is 8.08. The molecule has 4 N–H and O–H groups in total. The van der Waals surface area contributed by atoms with Crippen LogP contribution in [0.3, 0.4) is 0 Å². The van der Waals surface area contributed by atoms with Gasteiger partial charge in [-0.1, -0.05) is 26.0 Å². The highest BCUT2D eigenvalue weighted by Gasteiger charge is 2.01. The zero-order valence-electron chi connectivity index (χ0n) is 11.9. The van der Waals surface area contributed by atoms with E-state index in [1.54, 1.807) is 0 Å². The van der Waals surface area contributed by atoms with E-state index in [-0.39, 0.29) is 24.0 Å². The number of H-pyrrole nitrogens is 1. The molecule has 0 radical (unpaired) electrons. The maximum Gasteiger partial charge on any atom is 0.188 e. The van der Waals surface area contributed by atoms with Crippen LogP contribution in [-0.4, -0.2) is 29.0 Å². The van der Waals surface area contributed by atoms with Gasteiger partial charge in [0.15, 0.2) is 5.96 Å². The van der Waals surface area contributed by atoms with Crippen molar-refractivity contribution in [3.8, 4) is 0 Å². The fourth-order valence-electron chi connectivity index (χ4n) is 1.77. The van der Waals surface area contributed by atoms with Gasteiger partial charge in [0, 0.05) is 19.5 Å². The number of hydrogen-bond acceptors (Lipinski definition) is 2. The van der Waals surface area contributed by atoms with Crippen LogP contribution in [0.1, 0.15) is 19.7 Å². The van der Waals surface area contributed by atoms with Crippen LogP contribution in [0.4, 0.5) is 0 Å². The van der Waals surface area contributed by atoms with E-state index in [1.165, 1.54) is 0 Å². The van der Waals surface area contributed by atoms with Crippen molar-refractivity contribution in [2.75, 3.05) is 13.1 Å². The van der Waals surface area contributed by atoms with Gasteiger partial charge in [0.05, 0.1) is 11.0 Å². The lowest BCUT2D eigenvalue weighted by Crippen LogP contribution is -2.33. The first kappa shape index (κ1) is 16.7. The zero-order chi connectivity index (χ0) is 13.7. The van der Waals surface area contributed by atoms with E-state index in [0.717, 1.165) is 36.4 Å². The number of rotatable bonds is 5. The number of imidazole rings is 1. The molecule has 5 nitrogen and oxygen atoms in total. The fourth-order valence-corrected chi connectivity index (χ4v) is 1.77. The van der Waals surface area contributed by atoms with Crippen LogP contribution in [0.25, 0.3) is 11.0 Å². The Bertz CT molecular complexity index is 528. The average Bonchev–Trinajstić information content (AvgIpc) is 2.79. The van der Waals surface area contributed by atoms with Gasteiger partial charge in [-0.05, 0) is 18.1 Å². The van der Waals surface area contributed by atoms with Gasteiger partial charge in [0.25, 0.3) is 0 Å². The molecule has 110 valence electrons. The zero-order valence-corrected chi connectivity index (χ0v) is 14.2. The summed E-state index contributed by atoms with van der Waals surface area (Å²) in [6, 6.07) is 8.01. The van der Waals surface area contributed by atoms with Crippen molar-refractivity contribution >= 4 is 41.0 Å². The molecule has 0 fully saturated rings. The quantitative estimate of drug-likeness (QED) is 0.419. The highest BCUT2D eigenvalue weighted by molar-refractivity contribution is 14.0. The molecule has 0 spiro atoms. The van der Waals surface area contributed by atoms with E-state index in [2.05, 4.69) is 34.1 Å². The topological polar surface area (TPSA) is 79.1 Å². The molecule has 0 bridgehead atoms. The summed E-state index contributed by atoms with van der Waals surface area (Å²) in [5, 5.41) is 3.10. The van der Waals surface area contributed by atoms with Crippen LogP contribution in [0.15, 0.2) is 29.3 Å². The Balaban J connectivity index is 0.00000200. The minimum absolute atomic E-state index is 0. The standard InChI is InChI=1S/C14H21N5.HI/c1-10(2)9-17-14(15)16-8-7-13-18-11-5-3-4-6-12(11)19-13;/h3-6,10H,7-9H2,1-2H3,(H,18,19)(H3,15,16,17);1H. The number of nitrogens with one attached hydrogen (secondary N) is 2. The van der Waals surface area contributed by atoms with Crippen molar-refractivity contribution in [1.82, 2.24) is 15.3 Å². The van der Waals surface area contributed by atoms with Crippen molar-refractivity contribution in [2.24, 2.45) is 16.6 Å². The monoisotopic (exact) mass is 387 g/mol. The SMILES string of the molecule is CC(C)CN=C(N)NCCc1nc2ccccc2[nH]1.I. The molecule has 2 aromatic rings. The number of aromatic amines is 1. The van der Waals surface area contributed by atoms with E-state index in [0.29, 0.717) is 11.9 Å². The number of benzene rings is 1. The second-order valence-electron chi connectivity index (χ2n) is 5.00. The highest BCUT2D eigenvalue weighted by atomic mass is 127. The Morgan fingerprint density at radius 1 is 1.40 bits per heavy atom. The Morgan fingerprint density at radius 3 is 2.85 bits per heavy atom. The maximum atomic E-state index is 5.77. The van der Waals surface area contributed by atoms with Crippen molar-refractivity contribution in [2.45, 2.75) is 20.3 Å². The van der Waals surface area contributed by atoms with Crippen LogP contribution >= 0.6 is 24.0 Å². The number of hydrogen-bond donors (Lipinski definition) is 3. The number of aliphatic imine (C=N–C) groups is 1. The average molecular weight is 387 g/mol. The van der Waals surface area contributed by atoms with Gasteiger partial charge in [-0.25, -0.2) is 4.98 Å². The third-order valence-electron chi connectivity index (χ3n) is 2.73. The van der Waals surface area contributed by atoms with Gasteiger partial charge < -0.3 is 16.0 Å². The summed E-state index contributed by atoms with van der Waals surface area (Å²) < 4.78 is 0. The molecule has 0 saturated carbocycles. The van der Waals surface area contributed by atoms with E-state index in [9.17, 15) is 0 Å². The fraction of sp³-hybridized carbons (Fsp3) is 0.429.